The molecule has 132 valence electrons. The van der Waals surface area contributed by atoms with Crippen molar-refractivity contribution in [3.63, 3.8) is 0 Å². The molecular formula is C17H25N3O4. The normalized spacial score (nSPS) is 12.8. The molecule has 0 unspecified atom stereocenters. The number of nitriles is 1. The summed E-state index contributed by atoms with van der Waals surface area (Å²) in [6.07, 6.45) is 0. The summed E-state index contributed by atoms with van der Waals surface area (Å²) in [6.45, 7) is 5.49. The number of hydrogen-bond acceptors (Lipinski definition) is 6. The Hall–Kier alpha value is -2.62. The number of amides is 1. The molecule has 1 atom stereocenters. The summed E-state index contributed by atoms with van der Waals surface area (Å²) in [6, 6.07) is 5.56. The number of rotatable bonds is 8. The summed E-state index contributed by atoms with van der Waals surface area (Å²) in [5, 5.41) is 15.0. The Morgan fingerprint density at radius 2 is 1.75 bits per heavy atom. The van der Waals surface area contributed by atoms with Gasteiger partial charge in [0.2, 0.25) is 11.7 Å². The lowest BCUT2D eigenvalue weighted by molar-refractivity contribution is -0.121. The first-order chi connectivity index (χ1) is 11.3. The Kier molecular flexibility index (Phi) is 6.71. The second-order valence-electron chi connectivity index (χ2n) is 5.78. The van der Waals surface area contributed by atoms with Crippen LogP contribution in [-0.2, 0) is 4.79 Å². The molecule has 0 aliphatic rings. The Morgan fingerprint density at radius 1 is 1.21 bits per heavy atom. The molecule has 0 spiro atoms. The van der Waals surface area contributed by atoms with Crippen LogP contribution >= 0.6 is 0 Å². The van der Waals surface area contributed by atoms with Crippen molar-refractivity contribution >= 4 is 11.6 Å². The predicted octanol–water partition coefficient (Wildman–Crippen LogP) is 2.18. The number of nitrogens with zero attached hydrogens (tertiary/aromatic N) is 1. The van der Waals surface area contributed by atoms with E-state index in [4.69, 9.17) is 14.2 Å². The average molecular weight is 335 g/mol. The minimum Gasteiger partial charge on any atom is -0.493 e. The maximum absolute atomic E-state index is 12.1. The molecule has 0 aliphatic heterocycles. The van der Waals surface area contributed by atoms with Crippen LogP contribution in [0.2, 0.25) is 0 Å². The summed E-state index contributed by atoms with van der Waals surface area (Å²) < 4.78 is 15.8. The molecule has 0 radical (unpaired) electrons. The van der Waals surface area contributed by atoms with E-state index < -0.39 is 5.54 Å². The van der Waals surface area contributed by atoms with Crippen molar-refractivity contribution in [3.05, 3.63) is 12.1 Å². The van der Waals surface area contributed by atoms with Crippen molar-refractivity contribution in [3.8, 4) is 23.3 Å². The van der Waals surface area contributed by atoms with Crippen molar-refractivity contribution < 1.29 is 19.0 Å². The lowest BCUT2D eigenvalue weighted by Gasteiger charge is -2.27. The van der Waals surface area contributed by atoms with E-state index in [-0.39, 0.29) is 18.4 Å². The van der Waals surface area contributed by atoms with Gasteiger partial charge in [-0.3, -0.25) is 4.79 Å². The third-order valence-electron chi connectivity index (χ3n) is 3.90. The fraction of sp³-hybridized carbons (Fsp3) is 0.529. The number of hydrogen-bond donors (Lipinski definition) is 2. The van der Waals surface area contributed by atoms with Crippen LogP contribution < -0.4 is 24.8 Å². The van der Waals surface area contributed by atoms with Crippen molar-refractivity contribution in [2.45, 2.75) is 26.3 Å². The van der Waals surface area contributed by atoms with Gasteiger partial charge >= 0.3 is 0 Å². The molecule has 0 saturated carbocycles. The van der Waals surface area contributed by atoms with Gasteiger partial charge in [-0.05, 0) is 12.8 Å². The highest BCUT2D eigenvalue weighted by atomic mass is 16.5. The van der Waals surface area contributed by atoms with E-state index >= 15 is 0 Å². The van der Waals surface area contributed by atoms with E-state index in [0.717, 1.165) is 0 Å². The molecule has 1 amide bonds. The number of nitrogens with one attached hydrogen (secondary N) is 2. The summed E-state index contributed by atoms with van der Waals surface area (Å²) in [5.74, 6) is 1.17. The molecule has 0 aromatic heterocycles. The second kappa shape index (κ2) is 8.29. The molecule has 7 nitrogen and oxygen atoms in total. The molecule has 0 fully saturated rings. The fourth-order valence-corrected chi connectivity index (χ4v) is 2.00. The maximum atomic E-state index is 12.1. The predicted molar refractivity (Wildman–Crippen MR) is 91.6 cm³/mol. The Morgan fingerprint density at radius 3 is 2.12 bits per heavy atom. The molecule has 1 rings (SSSR count). The topological polar surface area (TPSA) is 92.6 Å². The lowest BCUT2D eigenvalue weighted by Crippen LogP contribution is -2.50. The van der Waals surface area contributed by atoms with Crippen molar-refractivity contribution in [2.24, 2.45) is 5.92 Å². The van der Waals surface area contributed by atoms with Crippen LogP contribution in [0.1, 0.15) is 20.8 Å². The zero-order valence-electron chi connectivity index (χ0n) is 15.0. The van der Waals surface area contributed by atoms with Gasteiger partial charge in [-0.1, -0.05) is 13.8 Å². The molecule has 24 heavy (non-hydrogen) atoms. The van der Waals surface area contributed by atoms with Crippen molar-refractivity contribution in [2.75, 3.05) is 33.2 Å². The maximum Gasteiger partial charge on any atom is 0.240 e. The quantitative estimate of drug-likeness (QED) is 0.756. The SMILES string of the molecule is COc1cc(NCC(=O)N[C@](C)(C#N)C(C)C)cc(OC)c1OC. The van der Waals surface area contributed by atoms with E-state index in [1.165, 1.54) is 21.3 Å². The number of benzene rings is 1. The standard InChI is InChI=1S/C17H25N3O4/c1-11(2)17(3,10-18)20-15(21)9-19-12-7-13(22-4)16(24-6)14(8-12)23-5/h7-8,11,19H,9H2,1-6H3,(H,20,21)/t17-/m1/s1. The Bertz CT molecular complexity index is 600. The molecule has 0 saturated heterocycles. The van der Waals surface area contributed by atoms with Crippen LogP contribution in [0.15, 0.2) is 12.1 Å². The van der Waals surface area contributed by atoms with Gasteiger partial charge < -0.3 is 24.8 Å². The molecule has 0 heterocycles. The van der Waals surface area contributed by atoms with Crippen LogP contribution in [0.25, 0.3) is 0 Å². The van der Waals surface area contributed by atoms with Crippen LogP contribution in [-0.4, -0.2) is 39.3 Å². The van der Waals surface area contributed by atoms with Crippen LogP contribution in [0.4, 0.5) is 5.69 Å². The molecule has 1 aromatic rings. The van der Waals surface area contributed by atoms with Gasteiger partial charge in [0.1, 0.15) is 5.54 Å². The van der Waals surface area contributed by atoms with Gasteiger partial charge in [-0.2, -0.15) is 5.26 Å². The van der Waals surface area contributed by atoms with E-state index in [1.54, 1.807) is 19.1 Å². The van der Waals surface area contributed by atoms with Crippen LogP contribution in [0, 0.1) is 17.2 Å². The zero-order valence-corrected chi connectivity index (χ0v) is 15.0. The lowest BCUT2D eigenvalue weighted by atomic mass is 9.90. The third kappa shape index (κ3) is 4.44. The van der Waals surface area contributed by atoms with Gasteiger partial charge in [0, 0.05) is 17.8 Å². The molecule has 7 heteroatoms. The first-order valence-corrected chi connectivity index (χ1v) is 7.57. The molecule has 2 N–H and O–H groups in total. The smallest absolute Gasteiger partial charge is 0.240 e. The Labute approximate surface area is 142 Å². The third-order valence-corrected chi connectivity index (χ3v) is 3.90. The largest absolute Gasteiger partial charge is 0.493 e. The monoisotopic (exact) mass is 335 g/mol. The van der Waals surface area contributed by atoms with Crippen LogP contribution in [0.5, 0.6) is 17.2 Å². The second-order valence-corrected chi connectivity index (χ2v) is 5.78. The highest BCUT2D eigenvalue weighted by Gasteiger charge is 2.29. The summed E-state index contributed by atoms with van der Waals surface area (Å²) in [7, 11) is 4.57. The molecule has 0 bridgehead atoms. The molecule has 1 aromatic carbocycles. The van der Waals surface area contributed by atoms with Gasteiger partial charge in [0.05, 0.1) is 33.9 Å². The highest BCUT2D eigenvalue weighted by Crippen LogP contribution is 2.39. The van der Waals surface area contributed by atoms with E-state index in [9.17, 15) is 10.1 Å². The van der Waals surface area contributed by atoms with Gasteiger partial charge in [-0.25, -0.2) is 0 Å². The molecular weight excluding hydrogens is 310 g/mol. The van der Waals surface area contributed by atoms with Crippen molar-refractivity contribution in [1.29, 1.82) is 5.26 Å². The van der Waals surface area contributed by atoms with Crippen molar-refractivity contribution in [1.82, 2.24) is 5.32 Å². The summed E-state index contributed by atoms with van der Waals surface area (Å²) >= 11 is 0. The minimum atomic E-state index is -0.909. The van der Waals surface area contributed by atoms with Gasteiger partial charge in [0.15, 0.2) is 11.5 Å². The van der Waals surface area contributed by atoms with E-state index in [1.807, 2.05) is 13.8 Å². The van der Waals surface area contributed by atoms with E-state index in [2.05, 4.69) is 16.7 Å². The van der Waals surface area contributed by atoms with Gasteiger partial charge in [0.25, 0.3) is 0 Å². The average Bonchev–Trinajstić information content (AvgIpc) is 2.58. The number of anilines is 1. The first kappa shape index (κ1) is 19.4. The summed E-state index contributed by atoms with van der Waals surface area (Å²) in [5.41, 5.74) is -0.267. The first-order valence-electron chi connectivity index (χ1n) is 7.57. The van der Waals surface area contributed by atoms with Crippen LogP contribution in [0.3, 0.4) is 0 Å². The zero-order chi connectivity index (χ0) is 18.3. The fourth-order valence-electron chi connectivity index (χ4n) is 2.00. The number of carbonyl (C=O) groups excluding carboxylic acids is 1. The Balaban J connectivity index is 2.84. The number of carbonyl (C=O) groups is 1. The summed E-state index contributed by atoms with van der Waals surface area (Å²) in [4.78, 5) is 12.1. The molecule has 0 aliphatic carbocycles. The highest BCUT2D eigenvalue weighted by molar-refractivity contribution is 5.82. The van der Waals surface area contributed by atoms with Gasteiger partial charge in [-0.15, -0.1) is 0 Å². The minimum absolute atomic E-state index is 0.00683. The van der Waals surface area contributed by atoms with E-state index in [0.29, 0.717) is 22.9 Å². The number of methoxy groups -OCH3 is 3. The number of ether oxygens (including phenoxy) is 3.